The lowest BCUT2D eigenvalue weighted by molar-refractivity contribution is -0.137. The lowest BCUT2D eigenvalue weighted by Crippen LogP contribution is -2.43. The average Bonchev–Trinajstić information content (AvgIpc) is 2.28. The fraction of sp³-hybridized carbons (Fsp3) is 0.778. The summed E-state index contributed by atoms with van der Waals surface area (Å²) in [5.74, 6) is 9.30. The number of carboxylic acid groups (broad SMARTS) is 1. The first-order valence-electron chi connectivity index (χ1n) is 5.48. The number of hydrogen-bond acceptors (Lipinski definition) is 6. The summed E-state index contributed by atoms with van der Waals surface area (Å²) in [7, 11) is 0. The molecule has 0 heterocycles. The lowest BCUT2D eigenvalue weighted by atomic mass is 10.2. The number of hydrazine groups is 2. The minimum Gasteiger partial charge on any atom is -0.481 e. The van der Waals surface area contributed by atoms with Crippen LogP contribution in [0.15, 0.2) is 0 Å². The molecule has 17 heavy (non-hydrogen) atoms. The van der Waals surface area contributed by atoms with E-state index in [2.05, 4.69) is 10.9 Å². The molecule has 0 aromatic rings. The van der Waals surface area contributed by atoms with Crippen molar-refractivity contribution in [1.82, 2.24) is 15.8 Å². The number of nitrogens with zero attached hydrogens (tertiary/aromatic N) is 1. The molecule has 0 radical (unpaired) electrons. The van der Waals surface area contributed by atoms with Gasteiger partial charge < -0.3 is 10.0 Å². The topological polar surface area (TPSA) is 134 Å². The molecule has 0 rings (SSSR count). The Balaban J connectivity index is 3.97. The van der Waals surface area contributed by atoms with Crippen molar-refractivity contribution < 1.29 is 14.7 Å². The van der Waals surface area contributed by atoms with E-state index in [-0.39, 0.29) is 18.7 Å². The predicted molar refractivity (Wildman–Crippen MR) is 62.4 cm³/mol. The highest BCUT2D eigenvalue weighted by atomic mass is 16.4. The van der Waals surface area contributed by atoms with E-state index in [9.17, 15) is 9.59 Å². The SMILES string of the molecule is NNCCN(CCNN)C(=O)CCCC(=O)O. The number of nitrogens with two attached hydrogens (primary N) is 2. The van der Waals surface area contributed by atoms with Gasteiger partial charge in [0.2, 0.25) is 5.91 Å². The fourth-order valence-electron chi connectivity index (χ4n) is 1.31. The Hall–Kier alpha value is -1.22. The summed E-state index contributed by atoms with van der Waals surface area (Å²) in [6.07, 6.45) is 0.572. The molecule has 0 spiro atoms. The highest BCUT2D eigenvalue weighted by molar-refractivity contribution is 5.77. The van der Waals surface area contributed by atoms with Gasteiger partial charge >= 0.3 is 5.97 Å². The van der Waals surface area contributed by atoms with E-state index < -0.39 is 5.97 Å². The minimum absolute atomic E-state index is 0.00383. The molecule has 0 aromatic heterocycles. The normalized spacial score (nSPS) is 10.2. The van der Waals surface area contributed by atoms with Crippen LogP contribution >= 0.6 is 0 Å². The van der Waals surface area contributed by atoms with Gasteiger partial charge in [-0.25, -0.2) is 0 Å². The van der Waals surface area contributed by atoms with Crippen LogP contribution in [0.1, 0.15) is 19.3 Å². The standard InChI is InChI=1S/C9H21N5O3/c10-12-4-6-14(7-5-13-11)8(15)2-1-3-9(16)17/h12-13H,1-7,10-11H2,(H,16,17). The van der Waals surface area contributed by atoms with E-state index in [4.69, 9.17) is 16.8 Å². The molecule has 0 saturated carbocycles. The maximum atomic E-state index is 11.7. The summed E-state index contributed by atoms with van der Waals surface area (Å²) < 4.78 is 0. The van der Waals surface area contributed by atoms with Crippen molar-refractivity contribution in [3.8, 4) is 0 Å². The van der Waals surface area contributed by atoms with Crippen LogP contribution in [-0.2, 0) is 9.59 Å². The van der Waals surface area contributed by atoms with Gasteiger partial charge in [0, 0.05) is 39.0 Å². The third-order valence-corrected chi connectivity index (χ3v) is 2.19. The molecule has 8 nitrogen and oxygen atoms in total. The Labute approximate surface area is 100 Å². The minimum atomic E-state index is -0.892. The molecule has 0 aliphatic heterocycles. The summed E-state index contributed by atoms with van der Waals surface area (Å²) in [6, 6.07) is 0. The average molecular weight is 247 g/mol. The first kappa shape index (κ1) is 15.8. The molecule has 0 aliphatic carbocycles. The number of carboxylic acids is 1. The summed E-state index contributed by atoms with van der Waals surface area (Å²) in [4.78, 5) is 23.6. The van der Waals surface area contributed by atoms with Crippen molar-refractivity contribution in [2.24, 2.45) is 11.7 Å². The number of carbonyl (C=O) groups excluding carboxylic acids is 1. The van der Waals surface area contributed by atoms with E-state index in [0.29, 0.717) is 32.6 Å². The van der Waals surface area contributed by atoms with Crippen molar-refractivity contribution in [3.63, 3.8) is 0 Å². The molecule has 7 N–H and O–H groups in total. The van der Waals surface area contributed by atoms with Gasteiger partial charge in [-0.1, -0.05) is 0 Å². The number of amides is 1. The number of rotatable bonds is 10. The predicted octanol–water partition coefficient (Wildman–Crippen LogP) is -2.00. The smallest absolute Gasteiger partial charge is 0.303 e. The second-order valence-corrected chi connectivity index (χ2v) is 3.54. The molecule has 0 fully saturated rings. The van der Waals surface area contributed by atoms with Crippen molar-refractivity contribution in [2.45, 2.75) is 19.3 Å². The van der Waals surface area contributed by atoms with E-state index in [1.54, 1.807) is 4.90 Å². The van der Waals surface area contributed by atoms with Crippen LogP contribution in [0, 0.1) is 0 Å². The van der Waals surface area contributed by atoms with Crippen LogP contribution < -0.4 is 22.5 Å². The summed E-state index contributed by atoms with van der Waals surface area (Å²) in [5, 5.41) is 8.47. The molecule has 0 unspecified atom stereocenters. The van der Waals surface area contributed by atoms with Crippen LogP contribution in [0.3, 0.4) is 0 Å². The van der Waals surface area contributed by atoms with E-state index in [1.807, 2.05) is 0 Å². The van der Waals surface area contributed by atoms with Crippen molar-refractivity contribution in [2.75, 3.05) is 26.2 Å². The van der Waals surface area contributed by atoms with Crippen LogP contribution in [0.4, 0.5) is 0 Å². The van der Waals surface area contributed by atoms with E-state index in [1.165, 1.54) is 0 Å². The summed E-state index contributed by atoms with van der Waals surface area (Å²) in [5.41, 5.74) is 4.93. The Morgan fingerprint density at radius 1 is 1.06 bits per heavy atom. The third-order valence-electron chi connectivity index (χ3n) is 2.19. The molecule has 0 aromatic carbocycles. The van der Waals surface area contributed by atoms with Gasteiger partial charge in [-0.05, 0) is 6.42 Å². The van der Waals surface area contributed by atoms with Crippen LogP contribution in [-0.4, -0.2) is 48.1 Å². The van der Waals surface area contributed by atoms with Gasteiger partial charge in [0.25, 0.3) is 0 Å². The Morgan fingerprint density at radius 2 is 1.59 bits per heavy atom. The first-order chi connectivity index (χ1) is 8.11. The number of hydrogen-bond donors (Lipinski definition) is 5. The van der Waals surface area contributed by atoms with Gasteiger partial charge in [-0.15, -0.1) is 0 Å². The second kappa shape index (κ2) is 9.97. The molecule has 0 atom stereocenters. The zero-order chi connectivity index (χ0) is 13.1. The maximum absolute atomic E-state index is 11.7. The summed E-state index contributed by atoms with van der Waals surface area (Å²) >= 11 is 0. The first-order valence-corrected chi connectivity index (χ1v) is 5.48. The van der Waals surface area contributed by atoms with Crippen molar-refractivity contribution >= 4 is 11.9 Å². The van der Waals surface area contributed by atoms with Gasteiger partial charge in [0.1, 0.15) is 0 Å². The molecular formula is C9H21N5O3. The lowest BCUT2D eigenvalue weighted by Gasteiger charge is -2.22. The van der Waals surface area contributed by atoms with Gasteiger partial charge in [0.15, 0.2) is 0 Å². The quantitative estimate of drug-likeness (QED) is 0.222. The number of aliphatic carboxylic acids is 1. The maximum Gasteiger partial charge on any atom is 0.303 e. The number of nitrogens with one attached hydrogen (secondary N) is 2. The van der Waals surface area contributed by atoms with Gasteiger partial charge in [-0.3, -0.25) is 32.1 Å². The summed E-state index contributed by atoms with van der Waals surface area (Å²) in [6.45, 7) is 1.92. The fourth-order valence-corrected chi connectivity index (χ4v) is 1.31. The molecular weight excluding hydrogens is 226 g/mol. The monoisotopic (exact) mass is 247 g/mol. The Bertz CT molecular complexity index is 229. The Morgan fingerprint density at radius 3 is 2.00 bits per heavy atom. The van der Waals surface area contributed by atoms with Crippen molar-refractivity contribution in [1.29, 1.82) is 0 Å². The zero-order valence-electron chi connectivity index (χ0n) is 9.82. The van der Waals surface area contributed by atoms with E-state index >= 15 is 0 Å². The second-order valence-electron chi connectivity index (χ2n) is 3.54. The van der Waals surface area contributed by atoms with Crippen LogP contribution in [0.2, 0.25) is 0 Å². The molecule has 0 aliphatic rings. The molecule has 1 amide bonds. The van der Waals surface area contributed by atoms with Crippen LogP contribution in [0.25, 0.3) is 0 Å². The highest BCUT2D eigenvalue weighted by Crippen LogP contribution is 2.00. The Kier molecular flexibility index (Phi) is 9.25. The van der Waals surface area contributed by atoms with Crippen molar-refractivity contribution in [3.05, 3.63) is 0 Å². The van der Waals surface area contributed by atoms with Crippen LogP contribution in [0.5, 0.6) is 0 Å². The molecule has 0 saturated heterocycles. The molecule has 8 heteroatoms. The molecule has 100 valence electrons. The third kappa shape index (κ3) is 8.57. The largest absolute Gasteiger partial charge is 0.481 e. The molecule has 0 bridgehead atoms. The zero-order valence-corrected chi connectivity index (χ0v) is 9.82. The van der Waals surface area contributed by atoms with Gasteiger partial charge in [0.05, 0.1) is 0 Å². The van der Waals surface area contributed by atoms with E-state index in [0.717, 1.165) is 0 Å². The number of carbonyl (C=O) groups is 2. The van der Waals surface area contributed by atoms with Gasteiger partial charge in [-0.2, -0.15) is 0 Å². The highest BCUT2D eigenvalue weighted by Gasteiger charge is 2.12.